The van der Waals surface area contributed by atoms with Crippen LogP contribution in [0.1, 0.15) is 33.6 Å². The molecule has 0 spiro atoms. The minimum atomic E-state index is -0.421. The third-order valence-corrected chi connectivity index (χ3v) is 3.57. The number of nitrogens with zero attached hydrogens (tertiary/aromatic N) is 1. The topological polar surface area (TPSA) is 90.4 Å². The van der Waals surface area contributed by atoms with Gasteiger partial charge >= 0.3 is 0 Å². The van der Waals surface area contributed by atoms with Gasteiger partial charge in [0.25, 0.3) is 5.69 Å². The molecule has 20 heavy (non-hydrogen) atoms. The molecule has 0 bridgehead atoms. The third kappa shape index (κ3) is 3.84. The molecule has 1 aromatic rings. The second-order valence-corrected chi connectivity index (χ2v) is 4.72. The van der Waals surface area contributed by atoms with Crippen LogP contribution in [0.15, 0.2) is 18.2 Å². The van der Waals surface area contributed by atoms with E-state index in [0.717, 1.165) is 12.8 Å². The molecule has 0 atom stereocenters. The molecule has 0 amide bonds. The summed E-state index contributed by atoms with van der Waals surface area (Å²) in [7, 11) is 0. The lowest BCUT2D eigenvalue weighted by atomic mass is 9.92. The molecule has 0 aromatic heterocycles. The van der Waals surface area contributed by atoms with Crippen LogP contribution in [0.3, 0.4) is 0 Å². The molecule has 1 aromatic carbocycles. The van der Waals surface area contributed by atoms with Crippen LogP contribution in [0.5, 0.6) is 5.75 Å². The summed E-state index contributed by atoms with van der Waals surface area (Å²) in [6, 6.07) is 4.71. The quantitative estimate of drug-likeness (QED) is 0.564. The van der Waals surface area contributed by atoms with Gasteiger partial charge in [-0.15, -0.1) is 0 Å². The largest absolute Gasteiger partial charge is 0.494 e. The zero-order valence-corrected chi connectivity index (χ0v) is 12.3. The van der Waals surface area contributed by atoms with Gasteiger partial charge in [0.05, 0.1) is 17.6 Å². The number of anilines is 1. The maximum absolute atomic E-state index is 11.0. The molecular formula is C14H23N3O3. The summed E-state index contributed by atoms with van der Waals surface area (Å²) in [6.45, 7) is 6.86. The molecule has 112 valence electrons. The number of ether oxygens (including phenoxy) is 1. The summed E-state index contributed by atoms with van der Waals surface area (Å²) in [6.07, 6.45) is 1.68. The van der Waals surface area contributed by atoms with Crippen LogP contribution in [-0.4, -0.2) is 23.6 Å². The van der Waals surface area contributed by atoms with E-state index in [1.165, 1.54) is 12.1 Å². The predicted octanol–water partition coefficient (Wildman–Crippen LogP) is 2.92. The number of rotatable bonds is 8. The highest BCUT2D eigenvalue weighted by Gasteiger charge is 2.25. The molecule has 0 aliphatic heterocycles. The smallest absolute Gasteiger partial charge is 0.275 e. The van der Waals surface area contributed by atoms with E-state index in [-0.39, 0.29) is 11.2 Å². The maximum Gasteiger partial charge on any atom is 0.275 e. The standard InChI is InChI=1S/C14H23N3O3/c1-4-14(5-2,10-15)16-11-7-12(17(18)19)9-13(8-11)20-6-3/h7-9,16H,4-6,10,15H2,1-3H3. The van der Waals surface area contributed by atoms with Crippen molar-refractivity contribution in [2.45, 2.75) is 39.2 Å². The Labute approximate surface area is 119 Å². The number of benzene rings is 1. The third-order valence-electron chi connectivity index (χ3n) is 3.57. The molecule has 0 heterocycles. The predicted molar refractivity (Wildman–Crippen MR) is 80.3 cm³/mol. The first-order valence-electron chi connectivity index (χ1n) is 6.90. The Morgan fingerprint density at radius 3 is 2.40 bits per heavy atom. The fourth-order valence-corrected chi connectivity index (χ4v) is 2.08. The summed E-state index contributed by atoms with van der Waals surface area (Å²) in [5.74, 6) is 0.488. The average Bonchev–Trinajstić information content (AvgIpc) is 2.45. The van der Waals surface area contributed by atoms with E-state index in [0.29, 0.717) is 24.6 Å². The van der Waals surface area contributed by atoms with Crippen molar-refractivity contribution < 1.29 is 9.66 Å². The first-order chi connectivity index (χ1) is 9.50. The van der Waals surface area contributed by atoms with E-state index in [4.69, 9.17) is 10.5 Å². The summed E-state index contributed by atoms with van der Waals surface area (Å²) >= 11 is 0. The lowest BCUT2D eigenvalue weighted by molar-refractivity contribution is -0.384. The van der Waals surface area contributed by atoms with Crippen molar-refractivity contribution in [2.24, 2.45) is 5.73 Å². The van der Waals surface area contributed by atoms with Gasteiger partial charge in [-0.3, -0.25) is 10.1 Å². The summed E-state index contributed by atoms with van der Waals surface area (Å²) in [4.78, 5) is 10.6. The summed E-state index contributed by atoms with van der Waals surface area (Å²) in [5.41, 5.74) is 6.27. The van der Waals surface area contributed by atoms with E-state index in [1.54, 1.807) is 6.07 Å². The first kappa shape index (κ1) is 16.2. The van der Waals surface area contributed by atoms with Crippen LogP contribution in [0, 0.1) is 10.1 Å². The highest BCUT2D eigenvalue weighted by Crippen LogP contribution is 2.29. The fourth-order valence-electron chi connectivity index (χ4n) is 2.08. The first-order valence-corrected chi connectivity index (χ1v) is 6.90. The number of nitrogens with two attached hydrogens (primary N) is 1. The van der Waals surface area contributed by atoms with Gasteiger partial charge < -0.3 is 15.8 Å². The van der Waals surface area contributed by atoms with Gasteiger partial charge in [0.15, 0.2) is 0 Å². The molecule has 0 aliphatic rings. The fraction of sp³-hybridized carbons (Fsp3) is 0.571. The number of nitro groups is 1. The van der Waals surface area contributed by atoms with Crippen molar-refractivity contribution in [3.8, 4) is 5.75 Å². The van der Waals surface area contributed by atoms with E-state index < -0.39 is 4.92 Å². The van der Waals surface area contributed by atoms with Gasteiger partial charge in [0, 0.05) is 29.9 Å². The average molecular weight is 281 g/mol. The number of nitrogens with one attached hydrogen (secondary N) is 1. The zero-order chi connectivity index (χ0) is 15.2. The summed E-state index contributed by atoms with van der Waals surface area (Å²) in [5, 5.41) is 14.3. The lowest BCUT2D eigenvalue weighted by Gasteiger charge is -2.32. The SMILES string of the molecule is CCOc1cc(NC(CC)(CC)CN)cc([N+](=O)[O-])c1. The van der Waals surface area contributed by atoms with Crippen LogP contribution < -0.4 is 15.8 Å². The number of nitro benzene ring substituents is 1. The van der Waals surface area contributed by atoms with E-state index >= 15 is 0 Å². The lowest BCUT2D eigenvalue weighted by Crippen LogP contribution is -2.44. The van der Waals surface area contributed by atoms with Gasteiger partial charge in [0.1, 0.15) is 5.75 Å². The normalized spacial score (nSPS) is 11.2. The molecular weight excluding hydrogens is 258 g/mol. The molecule has 0 aliphatic carbocycles. The van der Waals surface area contributed by atoms with Crippen LogP contribution in [-0.2, 0) is 0 Å². The van der Waals surface area contributed by atoms with Crippen molar-refractivity contribution >= 4 is 11.4 Å². The Balaban J connectivity index is 3.12. The molecule has 0 fully saturated rings. The second kappa shape index (κ2) is 7.09. The van der Waals surface area contributed by atoms with Gasteiger partial charge in [-0.05, 0) is 19.8 Å². The molecule has 1 rings (SSSR count). The number of non-ortho nitro benzene ring substituents is 1. The van der Waals surface area contributed by atoms with Gasteiger partial charge in [0.2, 0.25) is 0 Å². The van der Waals surface area contributed by atoms with E-state index in [9.17, 15) is 10.1 Å². The molecule has 0 saturated heterocycles. The molecule has 0 unspecified atom stereocenters. The maximum atomic E-state index is 11.0. The highest BCUT2D eigenvalue weighted by atomic mass is 16.6. The van der Waals surface area contributed by atoms with Gasteiger partial charge in [-0.25, -0.2) is 0 Å². The minimum Gasteiger partial charge on any atom is -0.494 e. The molecule has 3 N–H and O–H groups in total. The number of hydrogen-bond donors (Lipinski definition) is 2. The van der Waals surface area contributed by atoms with Crippen LogP contribution >= 0.6 is 0 Å². The van der Waals surface area contributed by atoms with Crippen LogP contribution in [0.4, 0.5) is 11.4 Å². The minimum absolute atomic E-state index is 0.0107. The van der Waals surface area contributed by atoms with Crippen molar-refractivity contribution in [3.63, 3.8) is 0 Å². The summed E-state index contributed by atoms with van der Waals surface area (Å²) < 4.78 is 5.38. The van der Waals surface area contributed by atoms with Crippen molar-refractivity contribution in [3.05, 3.63) is 28.3 Å². The Kier molecular flexibility index (Phi) is 5.76. The van der Waals surface area contributed by atoms with Crippen molar-refractivity contribution in [2.75, 3.05) is 18.5 Å². The monoisotopic (exact) mass is 281 g/mol. The molecule has 6 heteroatoms. The van der Waals surface area contributed by atoms with E-state index in [1.807, 2.05) is 20.8 Å². The van der Waals surface area contributed by atoms with Crippen LogP contribution in [0.25, 0.3) is 0 Å². The molecule has 0 saturated carbocycles. The Morgan fingerprint density at radius 2 is 1.95 bits per heavy atom. The number of hydrogen-bond acceptors (Lipinski definition) is 5. The van der Waals surface area contributed by atoms with Crippen molar-refractivity contribution in [1.29, 1.82) is 0 Å². The Bertz CT molecular complexity index is 451. The van der Waals surface area contributed by atoms with E-state index in [2.05, 4.69) is 5.32 Å². The zero-order valence-electron chi connectivity index (χ0n) is 12.3. The molecule has 0 radical (unpaired) electrons. The van der Waals surface area contributed by atoms with Gasteiger partial charge in [-0.2, -0.15) is 0 Å². The van der Waals surface area contributed by atoms with Crippen LogP contribution in [0.2, 0.25) is 0 Å². The Hall–Kier alpha value is -1.82. The second-order valence-electron chi connectivity index (χ2n) is 4.72. The molecule has 6 nitrogen and oxygen atoms in total. The highest BCUT2D eigenvalue weighted by molar-refractivity contribution is 5.57. The van der Waals surface area contributed by atoms with Gasteiger partial charge in [-0.1, -0.05) is 13.8 Å². The van der Waals surface area contributed by atoms with Crippen molar-refractivity contribution in [1.82, 2.24) is 0 Å². The Morgan fingerprint density at radius 1 is 1.30 bits per heavy atom.